The van der Waals surface area contributed by atoms with Crippen LogP contribution in [0.25, 0.3) is 0 Å². The van der Waals surface area contributed by atoms with Crippen molar-refractivity contribution in [3.8, 4) is 0 Å². The van der Waals surface area contributed by atoms with Crippen LogP contribution < -0.4 is 10.9 Å². The first-order valence-corrected chi connectivity index (χ1v) is 8.01. The Kier molecular flexibility index (Phi) is 5.22. The number of hydrogen-bond donors (Lipinski definition) is 2. The topological polar surface area (TPSA) is 58.2 Å². The van der Waals surface area contributed by atoms with E-state index >= 15 is 0 Å². The van der Waals surface area contributed by atoms with E-state index < -0.39 is 5.92 Å². The maximum absolute atomic E-state index is 12.8. The summed E-state index contributed by atoms with van der Waals surface area (Å²) in [5.74, 6) is -1.14. The van der Waals surface area contributed by atoms with Gasteiger partial charge in [-0.15, -0.1) is 0 Å². The zero-order chi connectivity index (χ0) is 17.5. The second-order valence-corrected chi connectivity index (χ2v) is 5.56. The lowest BCUT2D eigenvalue weighted by Gasteiger charge is -2.18. The maximum Gasteiger partial charge on any atom is 0.269 e. The van der Waals surface area contributed by atoms with Crippen LogP contribution in [-0.2, 0) is 4.79 Å². The smallest absolute Gasteiger partial charge is 0.269 e. The molecule has 2 N–H and O–H groups in total. The van der Waals surface area contributed by atoms with Crippen LogP contribution in [0, 0.1) is 0 Å². The van der Waals surface area contributed by atoms with Crippen LogP contribution in [0.15, 0.2) is 91.0 Å². The lowest BCUT2D eigenvalue weighted by molar-refractivity contribution is -0.122. The van der Waals surface area contributed by atoms with Gasteiger partial charge in [0.15, 0.2) is 0 Å². The Balaban J connectivity index is 1.77. The van der Waals surface area contributed by atoms with E-state index in [2.05, 4.69) is 10.9 Å². The Bertz CT molecular complexity index is 794. The predicted molar refractivity (Wildman–Crippen MR) is 96.8 cm³/mol. The van der Waals surface area contributed by atoms with Gasteiger partial charge in [-0.3, -0.25) is 20.4 Å². The van der Waals surface area contributed by atoms with Gasteiger partial charge in [0.1, 0.15) is 0 Å². The quantitative estimate of drug-likeness (QED) is 0.721. The van der Waals surface area contributed by atoms with E-state index in [0.29, 0.717) is 5.56 Å². The van der Waals surface area contributed by atoms with Crippen LogP contribution in [0.5, 0.6) is 0 Å². The number of rotatable bonds is 4. The minimum absolute atomic E-state index is 0.290. The van der Waals surface area contributed by atoms with Gasteiger partial charge in [0.05, 0.1) is 5.92 Å². The van der Waals surface area contributed by atoms with Gasteiger partial charge in [-0.2, -0.15) is 0 Å². The van der Waals surface area contributed by atoms with Gasteiger partial charge in [0, 0.05) is 5.56 Å². The summed E-state index contributed by atoms with van der Waals surface area (Å²) < 4.78 is 0. The standard InChI is InChI=1S/C21H18N2O2/c24-20(18-14-8-3-9-15-18)22-23-21(25)19(16-10-4-1-5-11-16)17-12-6-2-7-13-17/h1-15,19H,(H,22,24)(H,23,25). The predicted octanol–water partition coefficient (Wildman–Crippen LogP) is 3.28. The fraction of sp³-hybridized carbons (Fsp3) is 0.0476. The summed E-state index contributed by atoms with van der Waals surface area (Å²) in [4.78, 5) is 24.9. The van der Waals surface area contributed by atoms with Crippen LogP contribution >= 0.6 is 0 Å². The number of benzene rings is 3. The molecule has 0 aliphatic rings. The summed E-state index contributed by atoms with van der Waals surface area (Å²) in [5, 5.41) is 0. The largest absolute Gasteiger partial charge is 0.272 e. The second-order valence-electron chi connectivity index (χ2n) is 5.56. The molecule has 3 rings (SSSR count). The summed E-state index contributed by atoms with van der Waals surface area (Å²) in [7, 11) is 0. The number of carbonyl (C=O) groups is 2. The molecular formula is C21H18N2O2. The number of hydrogen-bond acceptors (Lipinski definition) is 2. The first-order chi connectivity index (χ1) is 12.3. The lowest BCUT2D eigenvalue weighted by Crippen LogP contribution is -2.44. The van der Waals surface area contributed by atoms with E-state index in [1.807, 2.05) is 66.7 Å². The highest BCUT2D eigenvalue weighted by Gasteiger charge is 2.22. The number of amides is 2. The second kappa shape index (κ2) is 7.93. The summed E-state index contributed by atoms with van der Waals surface area (Å²) in [6.07, 6.45) is 0. The average molecular weight is 330 g/mol. The molecule has 0 saturated heterocycles. The molecule has 0 aromatic heterocycles. The minimum Gasteiger partial charge on any atom is -0.272 e. The highest BCUT2D eigenvalue weighted by Crippen LogP contribution is 2.24. The normalized spacial score (nSPS) is 10.3. The molecule has 3 aromatic rings. The van der Waals surface area contributed by atoms with Crippen molar-refractivity contribution < 1.29 is 9.59 Å². The van der Waals surface area contributed by atoms with Gasteiger partial charge >= 0.3 is 0 Å². The minimum atomic E-state index is -0.501. The van der Waals surface area contributed by atoms with Crippen LogP contribution in [0.1, 0.15) is 27.4 Å². The van der Waals surface area contributed by atoms with Crippen molar-refractivity contribution in [2.24, 2.45) is 0 Å². The summed E-state index contributed by atoms with van der Waals surface area (Å²) in [6, 6.07) is 27.7. The van der Waals surface area contributed by atoms with Crippen molar-refractivity contribution in [2.75, 3.05) is 0 Å². The van der Waals surface area contributed by atoms with Crippen molar-refractivity contribution in [3.63, 3.8) is 0 Å². The molecule has 2 amide bonds. The average Bonchev–Trinajstić information content (AvgIpc) is 2.69. The Hall–Kier alpha value is -3.40. The van der Waals surface area contributed by atoms with Crippen molar-refractivity contribution in [2.45, 2.75) is 5.92 Å². The van der Waals surface area contributed by atoms with Gasteiger partial charge in [-0.05, 0) is 23.3 Å². The summed E-state index contributed by atoms with van der Waals surface area (Å²) >= 11 is 0. The Morgan fingerprint density at radius 3 is 1.52 bits per heavy atom. The monoisotopic (exact) mass is 330 g/mol. The fourth-order valence-electron chi connectivity index (χ4n) is 2.64. The maximum atomic E-state index is 12.8. The molecule has 0 aliphatic heterocycles. The summed E-state index contributed by atoms with van der Waals surface area (Å²) in [6.45, 7) is 0. The zero-order valence-electron chi connectivity index (χ0n) is 13.6. The van der Waals surface area contributed by atoms with Crippen LogP contribution in [0.3, 0.4) is 0 Å². The van der Waals surface area contributed by atoms with Crippen molar-refractivity contribution in [1.82, 2.24) is 10.9 Å². The highest BCUT2D eigenvalue weighted by molar-refractivity contribution is 5.96. The van der Waals surface area contributed by atoms with E-state index in [-0.39, 0.29) is 11.8 Å². The molecule has 3 aromatic carbocycles. The molecule has 4 heteroatoms. The van der Waals surface area contributed by atoms with E-state index in [1.54, 1.807) is 24.3 Å². The molecule has 0 aliphatic carbocycles. The molecule has 124 valence electrons. The molecule has 0 radical (unpaired) electrons. The van der Waals surface area contributed by atoms with E-state index in [9.17, 15) is 9.59 Å². The van der Waals surface area contributed by atoms with Crippen LogP contribution in [0.4, 0.5) is 0 Å². The van der Waals surface area contributed by atoms with Crippen molar-refractivity contribution in [3.05, 3.63) is 108 Å². The van der Waals surface area contributed by atoms with Gasteiger partial charge in [0.2, 0.25) is 5.91 Å². The SMILES string of the molecule is O=C(NNC(=O)C(c1ccccc1)c1ccccc1)c1ccccc1. The molecule has 0 unspecified atom stereocenters. The summed E-state index contributed by atoms with van der Waals surface area (Å²) in [5.41, 5.74) is 7.23. The third-order valence-corrected chi connectivity index (χ3v) is 3.86. The van der Waals surface area contributed by atoms with Gasteiger partial charge < -0.3 is 0 Å². The van der Waals surface area contributed by atoms with Gasteiger partial charge in [-0.25, -0.2) is 0 Å². The van der Waals surface area contributed by atoms with Gasteiger partial charge in [0.25, 0.3) is 5.91 Å². The number of nitrogens with one attached hydrogen (secondary N) is 2. The number of hydrazine groups is 1. The van der Waals surface area contributed by atoms with E-state index in [1.165, 1.54) is 0 Å². The third kappa shape index (κ3) is 4.12. The molecular weight excluding hydrogens is 312 g/mol. The first kappa shape index (κ1) is 16.5. The molecule has 0 spiro atoms. The number of carbonyl (C=O) groups excluding carboxylic acids is 2. The first-order valence-electron chi connectivity index (χ1n) is 8.01. The van der Waals surface area contributed by atoms with Crippen LogP contribution in [0.2, 0.25) is 0 Å². The molecule has 25 heavy (non-hydrogen) atoms. The molecule has 0 fully saturated rings. The fourth-order valence-corrected chi connectivity index (χ4v) is 2.64. The van der Waals surface area contributed by atoms with E-state index in [0.717, 1.165) is 11.1 Å². The molecule has 0 heterocycles. The van der Waals surface area contributed by atoms with Crippen LogP contribution in [-0.4, -0.2) is 11.8 Å². The Morgan fingerprint density at radius 1 is 0.600 bits per heavy atom. The zero-order valence-corrected chi connectivity index (χ0v) is 13.6. The molecule has 4 nitrogen and oxygen atoms in total. The van der Waals surface area contributed by atoms with E-state index in [4.69, 9.17) is 0 Å². The third-order valence-electron chi connectivity index (χ3n) is 3.86. The lowest BCUT2D eigenvalue weighted by atomic mass is 9.91. The molecule has 0 bridgehead atoms. The highest BCUT2D eigenvalue weighted by atomic mass is 16.2. The Morgan fingerprint density at radius 2 is 1.04 bits per heavy atom. The van der Waals surface area contributed by atoms with Gasteiger partial charge in [-0.1, -0.05) is 78.9 Å². The molecule has 0 saturated carbocycles. The van der Waals surface area contributed by atoms with Crippen molar-refractivity contribution in [1.29, 1.82) is 0 Å². The van der Waals surface area contributed by atoms with Crippen molar-refractivity contribution >= 4 is 11.8 Å². The molecule has 0 atom stereocenters. The Labute approximate surface area is 146 Å².